The Kier molecular flexibility index (Phi) is 19.0. The van der Waals surface area contributed by atoms with Gasteiger partial charge in [-0.2, -0.15) is 0 Å². The van der Waals surface area contributed by atoms with Crippen molar-refractivity contribution in [3.63, 3.8) is 0 Å². The SMILES string of the molecule is CC.CN1C2CCC1CN(C(/C=C(\N)c1ccccc1O)=C(N)N)C2.CNC(C(=O)N1CCCC1C(=O)NC1(c2ccc(-c3scnc3C)cc2)CC1)C(C)(C)C.Cc1ncc(C2CCN(C3CC4(CC(C=O)C4)C3)CC2)cn1. The number of aromatic hydroxyl groups is 1. The molecule has 9 N–H and O–H groups in total. The molecular weight excluding hydrogens is 1010 g/mol. The van der Waals surface area contributed by atoms with Crippen LogP contribution in [0.3, 0.4) is 0 Å². The number of piperidine rings is 1. The van der Waals surface area contributed by atoms with E-state index in [1.165, 1.54) is 62.1 Å². The number of carbonyl (C=O) groups excluding carboxylic acids is 3. The predicted octanol–water partition coefficient (Wildman–Crippen LogP) is 8.15. The van der Waals surface area contributed by atoms with E-state index in [0.29, 0.717) is 47.1 Å². The lowest BCUT2D eigenvalue weighted by Gasteiger charge is -2.59. The van der Waals surface area contributed by atoms with Gasteiger partial charge in [-0.25, -0.2) is 15.0 Å². The molecule has 6 heterocycles. The number of nitrogens with one attached hydrogen (secondary N) is 2. The summed E-state index contributed by atoms with van der Waals surface area (Å²) < 4.78 is 0. The number of likely N-dealkylation sites (tertiary alicyclic amines) is 3. The molecule has 2 bridgehead atoms. The molecule has 2 aromatic heterocycles. The molecule has 4 atom stereocenters. The quantitative estimate of drug-likeness (QED) is 0.0582. The van der Waals surface area contributed by atoms with Crippen LogP contribution in [0.5, 0.6) is 5.75 Å². The monoisotopic (exact) mass is 1100 g/mol. The molecule has 7 fully saturated rings. The van der Waals surface area contributed by atoms with Gasteiger partial charge < -0.3 is 52.4 Å². The number of nitrogens with two attached hydrogens (primary N) is 3. The summed E-state index contributed by atoms with van der Waals surface area (Å²) in [5, 5.41) is 16.4. The number of allylic oxidation sites excluding steroid dienone is 1. The molecule has 428 valence electrons. The van der Waals surface area contributed by atoms with Crippen molar-refractivity contribution >= 4 is 35.1 Å². The fraction of sp³-hybridized carbons (Fsp3) is 0.581. The highest BCUT2D eigenvalue weighted by Gasteiger charge is 2.54. The molecule has 16 nitrogen and oxygen atoms in total. The number of aromatic nitrogens is 3. The first-order valence-corrected chi connectivity index (χ1v) is 29.9. The van der Waals surface area contributed by atoms with Crippen molar-refractivity contribution in [3.8, 4) is 16.2 Å². The lowest BCUT2D eigenvalue weighted by atomic mass is 9.50. The fourth-order valence-corrected chi connectivity index (χ4v) is 14.2. The molecule has 17 heteroatoms. The van der Waals surface area contributed by atoms with Crippen LogP contribution in [0.25, 0.3) is 16.1 Å². The van der Waals surface area contributed by atoms with Crippen molar-refractivity contribution in [2.75, 3.05) is 46.8 Å². The molecule has 0 radical (unpaired) electrons. The fourth-order valence-electron chi connectivity index (χ4n) is 13.3. The number of aryl methyl sites for hydroxylation is 2. The third kappa shape index (κ3) is 13.5. The van der Waals surface area contributed by atoms with Gasteiger partial charge in [0.25, 0.3) is 0 Å². The van der Waals surface area contributed by atoms with E-state index >= 15 is 0 Å². The summed E-state index contributed by atoms with van der Waals surface area (Å²) in [5.74, 6) is 2.26. The van der Waals surface area contributed by atoms with E-state index in [-0.39, 0.29) is 40.4 Å². The predicted molar refractivity (Wildman–Crippen MR) is 316 cm³/mol. The van der Waals surface area contributed by atoms with Crippen LogP contribution in [0.1, 0.15) is 146 Å². The molecule has 79 heavy (non-hydrogen) atoms. The van der Waals surface area contributed by atoms with E-state index in [2.05, 4.69) is 71.6 Å². The number of para-hydroxylation sites is 1. The van der Waals surface area contributed by atoms with Gasteiger partial charge in [0, 0.05) is 67.3 Å². The van der Waals surface area contributed by atoms with Crippen LogP contribution in [0, 0.1) is 30.6 Å². The minimum atomic E-state index is -0.391. The largest absolute Gasteiger partial charge is 0.507 e. The van der Waals surface area contributed by atoms with Gasteiger partial charge in [0.15, 0.2) is 0 Å². The molecule has 2 amide bonds. The summed E-state index contributed by atoms with van der Waals surface area (Å²) in [5.41, 5.74) is 26.3. The minimum Gasteiger partial charge on any atom is -0.507 e. The number of hydrogen-bond donors (Lipinski definition) is 6. The van der Waals surface area contributed by atoms with E-state index in [1.54, 1.807) is 40.5 Å². The number of phenols is 1. The molecule has 3 aliphatic carbocycles. The van der Waals surface area contributed by atoms with Crippen LogP contribution >= 0.6 is 11.3 Å². The topological polar surface area (TPSA) is 225 Å². The van der Waals surface area contributed by atoms with Gasteiger partial charge in [-0.3, -0.25) is 14.5 Å². The van der Waals surface area contributed by atoms with Gasteiger partial charge in [-0.1, -0.05) is 71.0 Å². The highest BCUT2D eigenvalue weighted by atomic mass is 32.1. The Hall–Kier alpha value is -5.88. The van der Waals surface area contributed by atoms with Crippen LogP contribution in [0.4, 0.5) is 0 Å². The Morgan fingerprint density at radius 2 is 1.48 bits per heavy atom. The molecule has 4 saturated heterocycles. The van der Waals surface area contributed by atoms with Crippen molar-refractivity contribution in [2.24, 2.45) is 33.9 Å². The maximum atomic E-state index is 13.3. The normalized spacial score (nSPS) is 25.7. The van der Waals surface area contributed by atoms with Gasteiger partial charge in [-0.05, 0) is 170 Å². The molecule has 4 aromatic rings. The highest BCUT2D eigenvalue weighted by Crippen LogP contribution is 2.59. The van der Waals surface area contributed by atoms with E-state index < -0.39 is 6.04 Å². The van der Waals surface area contributed by atoms with Crippen molar-refractivity contribution in [3.05, 3.63) is 112 Å². The molecule has 3 saturated carbocycles. The average Bonchev–Trinajstić information content (AvgIpc) is 3.76. The summed E-state index contributed by atoms with van der Waals surface area (Å²) in [4.78, 5) is 60.7. The number of likely N-dealkylation sites (N-methyl/N-ethyl adjacent to an activating group) is 2. The van der Waals surface area contributed by atoms with E-state index in [4.69, 9.17) is 17.2 Å². The van der Waals surface area contributed by atoms with Crippen LogP contribution in [-0.4, -0.2) is 135 Å². The maximum absolute atomic E-state index is 13.3. The minimum absolute atomic E-state index is 0.0202. The second kappa shape index (κ2) is 25.3. The van der Waals surface area contributed by atoms with Gasteiger partial charge in [0.1, 0.15) is 29.7 Å². The lowest BCUT2D eigenvalue weighted by Crippen LogP contribution is -2.57. The van der Waals surface area contributed by atoms with Gasteiger partial charge in [0.2, 0.25) is 11.8 Å². The number of nitrogens with zero attached hydrogens (tertiary/aromatic N) is 7. The van der Waals surface area contributed by atoms with Crippen molar-refractivity contribution < 1.29 is 19.5 Å². The van der Waals surface area contributed by atoms with Crippen molar-refractivity contribution in [2.45, 2.75) is 167 Å². The molecule has 7 aliphatic rings. The number of benzene rings is 2. The number of hydrogen-bond acceptors (Lipinski definition) is 15. The first-order valence-electron chi connectivity index (χ1n) is 29.1. The van der Waals surface area contributed by atoms with Crippen molar-refractivity contribution in [1.82, 2.24) is 45.2 Å². The number of fused-ring (bicyclic) bond motifs is 2. The third-order valence-electron chi connectivity index (χ3n) is 18.0. The van der Waals surface area contributed by atoms with E-state index in [1.807, 2.05) is 79.5 Å². The Morgan fingerprint density at radius 3 is 2.03 bits per heavy atom. The van der Waals surface area contributed by atoms with Crippen LogP contribution < -0.4 is 27.8 Å². The molecule has 2 aromatic carbocycles. The highest BCUT2D eigenvalue weighted by molar-refractivity contribution is 7.13. The summed E-state index contributed by atoms with van der Waals surface area (Å²) >= 11 is 1.64. The number of aldehydes is 1. The zero-order chi connectivity index (χ0) is 56.8. The first kappa shape index (κ1) is 59.2. The Balaban J connectivity index is 0.000000157. The molecule has 11 rings (SSSR count). The number of carbonyl (C=O) groups is 3. The second-order valence-electron chi connectivity index (χ2n) is 24.3. The Bertz CT molecular complexity index is 2750. The second-order valence-corrected chi connectivity index (χ2v) is 25.2. The van der Waals surface area contributed by atoms with Crippen LogP contribution in [0.2, 0.25) is 0 Å². The van der Waals surface area contributed by atoms with Crippen LogP contribution in [-0.2, 0) is 19.9 Å². The number of amides is 2. The summed E-state index contributed by atoms with van der Waals surface area (Å²) in [6.45, 7) is 18.9. The number of piperazine rings is 1. The van der Waals surface area contributed by atoms with Gasteiger partial charge in [-0.15, -0.1) is 11.3 Å². The Morgan fingerprint density at radius 1 is 0.848 bits per heavy atom. The summed E-state index contributed by atoms with van der Waals surface area (Å²) in [7, 11) is 4.00. The average molecular weight is 1100 g/mol. The lowest BCUT2D eigenvalue weighted by molar-refractivity contribution is -0.142. The molecule has 4 aliphatic heterocycles. The van der Waals surface area contributed by atoms with Crippen molar-refractivity contribution in [1.29, 1.82) is 0 Å². The zero-order valence-electron chi connectivity index (χ0n) is 48.5. The zero-order valence-corrected chi connectivity index (χ0v) is 49.3. The van der Waals surface area contributed by atoms with Crippen LogP contribution in [0.15, 0.2) is 84.0 Å². The van der Waals surface area contributed by atoms with E-state index in [9.17, 15) is 19.5 Å². The number of rotatable bonds is 12. The number of phenolic OH excluding ortho intramolecular Hbond substituents is 1. The third-order valence-corrected chi connectivity index (χ3v) is 19.0. The van der Waals surface area contributed by atoms with Gasteiger partial charge in [0.05, 0.1) is 33.4 Å². The molecular formula is C62H90N12O4S. The molecule has 4 unspecified atom stereocenters. The van der Waals surface area contributed by atoms with E-state index in [0.717, 1.165) is 92.3 Å². The summed E-state index contributed by atoms with van der Waals surface area (Å²) in [6.07, 6.45) is 20.2. The maximum Gasteiger partial charge on any atom is 0.243 e. The first-order chi connectivity index (χ1) is 37.8. The molecule has 1 spiro atoms. The number of thiazole rings is 1. The van der Waals surface area contributed by atoms with Gasteiger partial charge >= 0.3 is 0 Å². The Labute approximate surface area is 474 Å². The summed E-state index contributed by atoms with van der Waals surface area (Å²) in [6, 6.07) is 16.6. The smallest absolute Gasteiger partial charge is 0.243 e. The standard InChI is InChI=1S/C25H34N4O2S.C18H25N3O.C17H25N5O.C2H6/c1-16-20(32-15-27-16)17-8-10-18(11-9-17)25(12-13-25)28-22(30)19-7-6-14-29(19)23(31)21(26-5)24(2,3)4;1-13-19-10-16(11-20-13)15-2-4-21(5-3-15)17-8-18(9-17)6-14(7-18)12-22;1-21-11-6-7-12(21)10-22(9-11)15(17(19)20)8-14(18)13-4-2-3-5-16(13)23;1-2/h8-11,15,19,21,26H,6-7,12-14H2,1-5H3,(H,28,30);10-12,14-15,17H,2-9H2,1H3;2-5,8,11-12,23H,6-7,9-10,18-20H2,1H3;1-2H3/b;;14-8-;.